The van der Waals surface area contributed by atoms with Gasteiger partial charge >= 0.3 is 6.36 Å². The molecule has 10 heteroatoms. The summed E-state index contributed by atoms with van der Waals surface area (Å²) in [6, 6.07) is 13.6. The van der Waals surface area contributed by atoms with Crippen molar-refractivity contribution in [2.75, 3.05) is 44.6 Å². The van der Waals surface area contributed by atoms with Gasteiger partial charge in [-0.15, -0.1) is 13.2 Å². The van der Waals surface area contributed by atoms with E-state index in [1.165, 1.54) is 12.1 Å². The molecule has 2 aromatic carbocycles. The fraction of sp³-hybridized carbons (Fsp3) is 0.320. The highest BCUT2D eigenvalue weighted by molar-refractivity contribution is 6.35. The van der Waals surface area contributed by atoms with E-state index in [9.17, 15) is 13.2 Å². The molecule has 1 aliphatic heterocycles. The van der Waals surface area contributed by atoms with Crippen LogP contribution in [0.3, 0.4) is 0 Å². The highest BCUT2D eigenvalue weighted by Gasteiger charge is 2.31. The number of hydrogen-bond donors (Lipinski definition) is 3. The zero-order chi connectivity index (χ0) is 24.4. The Morgan fingerprint density at radius 2 is 1.89 bits per heavy atom. The first-order valence-electron chi connectivity index (χ1n) is 11.5. The minimum absolute atomic E-state index is 0.266. The first-order valence-corrected chi connectivity index (χ1v) is 11.9. The molecule has 0 unspecified atom stereocenters. The van der Waals surface area contributed by atoms with Crippen molar-refractivity contribution in [3.05, 3.63) is 53.6 Å². The van der Waals surface area contributed by atoms with Gasteiger partial charge in [-0.3, -0.25) is 0 Å². The lowest BCUT2D eigenvalue weighted by molar-refractivity contribution is -0.274. The van der Waals surface area contributed by atoms with Crippen LogP contribution in [0.4, 0.5) is 18.9 Å². The van der Waals surface area contributed by atoms with E-state index in [1.54, 1.807) is 12.1 Å². The summed E-state index contributed by atoms with van der Waals surface area (Å²) in [7, 11) is 0. The number of aromatic nitrogens is 2. The largest absolute Gasteiger partial charge is 0.573 e. The van der Waals surface area contributed by atoms with E-state index in [-0.39, 0.29) is 5.75 Å². The smallest absolute Gasteiger partial charge is 0.406 e. The van der Waals surface area contributed by atoms with Crippen molar-refractivity contribution in [2.45, 2.75) is 12.8 Å². The molecule has 1 fully saturated rings. The number of benzene rings is 2. The predicted molar refractivity (Wildman–Crippen MR) is 133 cm³/mol. The number of aromatic amines is 1. The monoisotopic (exact) mass is 503 g/mol. The summed E-state index contributed by atoms with van der Waals surface area (Å²) in [4.78, 5) is 10.4. The average Bonchev–Trinajstić information content (AvgIpc) is 3.26. The molecule has 1 aliphatic rings. The third-order valence-electron chi connectivity index (χ3n) is 6.09. The molecule has 1 saturated heterocycles. The molecule has 5 rings (SSSR count). The number of halogens is 4. The molecule has 0 amide bonds. The van der Waals surface area contributed by atoms with Crippen LogP contribution in [0.25, 0.3) is 33.2 Å². The molecule has 2 aromatic heterocycles. The van der Waals surface area contributed by atoms with Crippen molar-refractivity contribution in [1.82, 2.24) is 20.2 Å². The second-order valence-corrected chi connectivity index (χ2v) is 8.95. The van der Waals surface area contributed by atoms with Crippen LogP contribution in [0.15, 0.2) is 48.5 Å². The van der Waals surface area contributed by atoms with E-state index < -0.39 is 6.36 Å². The SMILES string of the molecule is FC(F)(F)Oc1ccc2[nH]c(-c3ccc4c(NCCCN5CCNCC5)ccc(Cl)c4n3)cc2c1. The van der Waals surface area contributed by atoms with Crippen LogP contribution in [0.1, 0.15) is 6.42 Å². The fourth-order valence-electron chi connectivity index (χ4n) is 4.39. The minimum Gasteiger partial charge on any atom is -0.406 e. The molecule has 0 saturated carbocycles. The number of nitrogens with zero attached hydrogens (tertiary/aromatic N) is 2. The molecule has 0 aliphatic carbocycles. The van der Waals surface area contributed by atoms with Gasteiger partial charge in [-0.1, -0.05) is 11.6 Å². The molecule has 6 nitrogen and oxygen atoms in total. The standard InChI is InChI=1S/C25H25ClF3N5O/c26-19-4-7-21(31-8-1-11-34-12-9-30-10-13-34)18-3-6-22(33-24(18)19)23-15-16-14-17(35-25(27,28)29)2-5-20(16)32-23/h2-7,14-15,30-32H,1,8-13H2. The first kappa shape index (κ1) is 23.7. The Kier molecular flexibility index (Phi) is 6.73. The lowest BCUT2D eigenvalue weighted by atomic mass is 10.1. The highest BCUT2D eigenvalue weighted by atomic mass is 35.5. The van der Waals surface area contributed by atoms with Gasteiger partial charge in [-0.2, -0.15) is 0 Å². The Bertz CT molecular complexity index is 1330. The van der Waals surface area contributed by atoms with Crippen molar-refractivity contribution in [3.63, 3.8) is 0 Å². The second-order valence-electron chi connectivity index (χ2n) is 8.54. The van der Waals surface area contributed by atoms with Gasteiger partial charge in [0.1, 0.15) is 5.75 Å². The maximum absolute atomic E-state index is 12.6. The van der Waals surface area contributed by atoms with Crippen molar-refractivity contribution in [2.24, 2.45) is 0 Å². The van der Waals surface area contributed by atoms with E-state index in [0.29, 0.717) is 32.8 Å². The highest BCUT2D eigenvalue weighted by Crippen LogP contribution is 2.33. The molecular weight excluding hydrogens is 479 g/mol. The van der Waals surface area contributed by atoms with Crippen LogP contribution in [0.2, 0.25) is 5.02 Å². The van der Waals surface area contributed by atoms with Crippen LogP contribution in [0.5, 0.6) is 5.75 Å². The van der Waals surface area contributed by atoms with Crippen molar-refractivity contribution in [1.29, 1.82) is 0 Å². The lowest BCUT2D eigenvalue weighted by Gasteiger charge is -2.27. The molecular formula is C25H25ClF3N5O. The third-order valence-corrected chi connectivity index (χ3v) is 6.39. The van der Waals surface area contributed by atoms with E-state index in [4.69, 9.17) is 16.6 Å². The fourth-order valence-corrected chi connectivity index (χ4v) is 4.60. The Morgan fingerprint density at radius 3 is 2.69 bits per heavy atom. The number of nitrogens with one attached hydrogen (secondary N) is 3. The molecule has 0 bridgehead atoms. The topological polar surface area (TPSA) is 65.2 Å². The van der Waals surface area contributed by atoms with Crippen molar-refractivity contribution in [3.8, 4) is 17.1 Å². The number of piperazine rings is 1. The average molecular weight is 504 g/mol. The van der Waals surface area contributed by atoms with Gasteiger partial charge in [0, 0.05) is 54.7 Å². The molecule has 0 atom stereocenters. The van der Waals surface area contributed by atoms with E-state index >= 15 is 0 Å². The van der Waals surface area contributed by atoms with E-state index in [2.05, 4.69) is 25.3 Å². The summed E-state index contributed by atoms with van der Waals surface area (Å²) < 4.78 is 41.7. The minimum atomic E-state index is -4.74. The summed E-state index contributed by atoms with van der Waals surface area (Å²) >= 11 is 6.48. The molecule has 3 heterocycles. The molecule has 3 N–H and O–H groups in total. The van der Waals surface area contributed by atoms with Crippen molar-refractivity contribution < 1.29 is 17.9 Å². The normalized spacial score (nSPS) is 15.1. The van der Waals surface area contributed by atoms with Gasteiger partial charge in [0.25, 0.3) is 0 Å². The Balaban J connectivity index is 1.34. The van der Waals surface area contributed by atoms with Gasteiger partial charge in [-0.25, -0.2) is 4.98 Å². The van der Waals surface area contributed by atoms with Gasteiger partial charge in [0.05, 0.1) is 21.9 Å². The number of fused-ring (bicyclic) bond motifs is 2. The number of ether oxygens (including phenoxy) is 1. The predicted octanol–water partition coefficient (Wildman–Crippen LogP) is 5.64. The molecule has 35 heavy (non-hydrogen) atoms. The van der Waals surface area contributed by atoms with Gasteiger partial charge in [0.15, 0.2) is 0 Å². The summed E-state index contributed by atoms with van der Waals surface area (Å²) in [5.74, 6) is -0.266. The number of alkyl halides is 3. The summed E-state index contributed by atoms with van der Waals surface area (Å²) in [5, 5.41) is 8.91. The lowest BCUT2D eigenvalue weighted by Crippen LogP contribution is -2.44. The van der Waals surface area contributed by atoms with Gasteiger partial charge < -0.3 is 25.3 Å². The Hall–Kier alpha value is -3.01. The second kappa shape index (κ2) is 9.93. The van der Waals surface area contributed by atoms with Crippen molar-refractivity contribution >= 4 is 39.1 Å². The molecule has 0 radical (unpaired) electrons. The summed E-state index contributed by atoms with van der Waals surface area (Å²) in [5.41, 5.74) is 3.63. The van der Waals surface area contributed by atoms with Crippen LogP contribution in [-0.4, -0.2) is 60.5 Å². The maximum Gasteiger partial charge on any atom is 0.573 e. The molecule has 0 spiro atoms. The van der Waals surface area contributed by atoms with Gasteiger partial charge in [0.2, 0.25) is 0 Å². The Morgan fingerprint density at radius 1 is 1.06 bits per heavy atom. The van der Waals surface area contributed by atoms with Crippen LogP contribution in [-0.2, 0) is 0 Å². The van der Waals surface area contributed by atoms with E-state index in [0.717, 1.165) is 56.8 Å². The number of hydrogen-bond acceptors (Lipinski definition) is 5. The van der Waals surface area contributed by atoms with Crippen LogP contribution < -0.4 is 15.4 Å². The molecule has 184 valence electrons. The van der Waals surface area contributed by atoms with Crippen LogP contribution in [0, 0.1) is 0 Å². The summed E-state index contributed by atoms with van der Waals surface area (Å²) in [6.45, 7) is 6.15. The molecule has 4 aromatic rings. The quantitative estimate of drug-likeness (QED) is 0.285. The first-order chi connectivity index (χ1) is 16.9. The zero-order valence-corrected chi connectivity index (χ0v) is 19.6. The van der Waals surface area contributed by atoms with Crippen LogP contribution >= 0.6 is 11.6 Å². The Labute approximate surface area is 205 Å². The zero-order valence-electron chi connectivity index (χ0n) is 18.9. The number of H-pyrrole nitrogens is 1. The van der Waals surface area contributed by atoms with E-state index in [1.807, 2.05) is 24.3 Å². The number of rotatable bonds is 7. The summed E-state index contributed by atoms with van der Waals surface area (Å²) in [6.07, 6.45) is -3.70. The number of anilines is 1. The maximum atomic E-state index is 12.6. The number of pyridine rings is 1. The third kappa shape index (κ3) is 5.63. The van der Waals surface area contributed by atoms with Gasteiger partial charge in [-0.05, 0) is 61.5 Å².